The molecule has 0 aromatic rings. The first kappa shape index (κ1) is 25.6. The van der Waals surface area contributed by atoms with Gasteiger partial charge in [0.05, 0.1) is 0 Å². The summed E-state index contributed by atoms with van der Waals surface area (Å²) in [5, 5.41) is 0. The van der Waals surface area contributed by atoms with Crippen LogP contribution in [0, 0.1) is 0 Å². The molecule has 0 heterocycles. The number of hydrogen-bond acceptors (Lipinski definition) is 5. The summed E-state index contributed by atoms with van der Waals surface area (Å²) in [5.74, 6) is -0.594. The second-order valence-electron chi connectivity index (χ2n) is 9.72. The van der Waals surface area contributed by atoms with Gasteiger partial charge in [0, 0.05) is 0 Å². The van der Waals surface area contributed by atoms with Gasteiger partial charge >= 0.3 is 162 Å². The fraction of sp³-hybridized carbons (Fsp3) is 1.00. The van der Waals surface area contributed by atoms with Crippen LogP contribution in [0.25, 0.3) is 0 Å². The fourth-order valence-corrected chi connectivity index (χ4v) is 13.5. The summed E-state index contributed by atoms with van der Waals surface area (Å²) in [6, 6.07) is 0. The molecule has 0 aliphatic carbocycles. The Morgan fingerprint density at radius 2 is 0.920 bits per heavy atom. The van der Waals surface area contributed by atoms with Gasteiger partial charge in [-0.2, -0.15) is 0 Å². The molecule has 5 nitrogen and oxygen atoms in total. The van der Waals surface area contributed by atoms with Gasteiger partial charge < -0.3 is 0 Å². The van der Waals surface area contributed by atoms with Gasteiger partial charge in [0.15, 0.2) is 0 Å². The molecule has 0 saturated carbocycles. The molecule has 0 N–H and O–H groups in total. The summed E-state index contributed by atoms with van der Waals surface area (Å²) < 4.78 is 31.4. The van der Waals surface area contributed by atoms with Crippen molar-refractivity contribution in [3.05, 3.63) is 0 Å². The van der Waals surface area contributed by atoms with Crippen LogP contribution in [0.1, 0.15) is 82.1 Å². The molecule has 0 bridgehead atoms. The quantitative estimate of drug-likeness (QED) is 0.345. The maximum atomic E-state index is 6.54. The van der Waals surface area contributed by atoms with E-state index in [0.717, 1.165) is 17.3 Å². The number of rotatable bonds is 9. The van der Waals surface area contributed by atoms with Crippen molar-refractivity contribution in [3.63, 3.8) is 0 Å². The molecule has 0 aliphatic rings. The average molecular weight is 469 g/mol. The first-order chi connectivity index (χ1) is 10.9. The van der Waals surface area contributed by atoms with Gasteiger partial charge in [0.2, 0.25) is 0 Å². The zero-order valence-electron chi connectivity index (χ0n) is 18.7. The van der Waals surface area contributed by atoms with E-state index in [2.05, 4.69) is 62.3 Å². The van der Waals surface area contributed by atoms with Gasteiger partial charge in [-0.05, 0) is 0 Å². The van der Waals surface area contributed by atoms with E-state index < -0.39 is 25.4 Å². The molecular formula is C19H42O5Sn. The second kappa shape index (κ2) is 9.19. The van der Waals surface area contributed by atoms with E-state index in [1.807, 2.05) is 6.92 Å². The van der Waals surface area contributed by atoms with Crippen LogP contribution in [0.2, 0.25) is 4.44 Å². The molecule has 0 saturated heterocycles. The van der Waals surface area contributed by atoms with Crippen molar-refractivity contribution in [1.29, 1.82) is 0 Å². The third kappa shape index (κ3) is 11.8. The summed E-state index contributed by atoms with van der Waals surface area (Å²) in [7, 11) is 3.34. The summed E-state index contributed by atoms with van der Waals surface area (Å²) in [4.78, 5) is 0. The van der Waals surface area contributed by atoms with E-state index in [1.165, 1.54) is 0 Å². The molecule has 0 amide bonds. The van der Waals surface area contributed by atoms with Crippen molar-refractivity contribution in [1.82, 2.24) is 0 Å². The molecule has 0 atom stereocenters. The summed E-state index contributed by atoms with van der Waals surface area (Å²) in [6.07, 6.45) is 1.61. The van der Waals surface area contributed by atoms with Crippen molar-refractivity contribution in [2.24, 2.45) is 0 Å². The fourth-order valence-electron chi connectivity index (χ4n) is 2.53. The minimum absolute atomic E-state index is 0.321. The van der Waals surface area contributed by atoms with Crippen molar-refractivity contribution >= 4 is 19.6 Å². The van der Waals surface area contributed by atoms with Crippen LogP contribution in [0.5, 0.6) is 0 Å². The first-order valence-electron chi connectivity index (χ1n) is 9.16. The zero-order valence-corrected chi connectivity index (χ0v) is 21.5. The van der Waals surface area contributed by atoms with Gasteiger partial charge in [-0.15, -0.1) is 0 Å². The minimum atomic E-state index is -3.86. The molecule has 0 radical (unpaired) electrons. The molecule has 0 fully saturated rings. The predicted molar refractivity (Wildman–Crippen MR) is 105 cm³/mol. The van der Waals surface area contributed by atoms with Crippen molar-refractivity contribution in [3.8, 4) is 0 Å². The number of methoxy groups -OCH3 is 2. The van der Waals surface area contributed by atoms with E-state index in [4.69, 9.17) is 18.7 Å². The Balaban J connectivity index is 5.50. The molecule has 6 heteroatoms. The standard InChI is InChI=1S/C7H15O2.3C4H9O.Sn/c1-5-6-7(2,8-3)9-4;3*1-4(2,3)5;/h1,5-6H2,2-4H3;3*1-3H3;/q;3*-1;+3. The van der Waals surface area contributed by atoms with Gasteiger partial charge in [-0.25, -0.2) is 0 Å². The molecule has 152 valence electrons. The van der Waals surface area contributed by atoms with Crippen LogP contribution in [-0.4, -0.2) is 56.4 Å². The van der Waals surface area contributed by atoms with Crippen LogP contribution in [-0.2, 0) is 18.7 Å². The summed E-state index contributed by atoms with van der Waals surface area (Å²) in [6.45, 7) is 20.5. The number of ether oxygens (including phenoxy) is 2. The van der Waals surface area contributed by atoms with Crippen molar-refractivity contribution in [2.75, 3.05) is 14.2 Å². The third-order valence-corrected chi connectivity index (χ3v) is 14.0. The van der Waals surface area contributed by atoms with Crippen molar-refractivity contribution < 1.29 is 18.7 Å². The topological polar surface area (TPSA) is 46.2 Å². The molecule has 0 aromatic carbocycles. The molecule has 25 heavy (non-hydrogen) atoms. The molecule has 0 spiro atoms. The molecule has 0 aliphatic heterocycles. The Labute approximate surface area is 161 Å². The Kier molecular flexibility index (Phi) is 9.42. The van der Waals surface area contributed by atoms with Crippen molar-refractivity contribution in [2.45, 2.75) is 109 Å². The van der Waals surface area contributed by atoms with Gasteiger partial charge in [0.25, 0.3) is 0 Å². The Bertz CT molecular complexity index is 345. The third-order valence-electron chi connectivity index (χ3n) is 3.36. The maximum absolute atomic E-state index is 6.54. The SMILES string of the molecule is COC(C)(CC[CH2][Sn]([O]C(C)(C)C)([O]C(C)(C)C)[O]C(C)(C)C)OC. The Morgan fingerprint density at radius 1 is 0.600 bits per heavy atom. The van der Waals surface area contributed by atoms with E-state index >= 15 is 0 Å². The summed E-state index contributed by atoms with van der Waals surface area (Å²) in [5.41, 5.74) is -0.963. The summed E-state index contributed by atoms with van der Waals surface area (Å²) >= 11 is -3.86. The predicted octanol–water partition coefficient (Wildman–Crippen LogP) is 5.16. The van der Waals surface area contributed by atoms with E-state index in [0.29, 0.717) is 0 Å². The van der Waals surface area contributed by atoms with Crippen LogP contribution in [0.3, 0.4) is 0 Å². The second-order valence-corrected chi connectivity index (χ2v) is 16.8. The monoisotopic (exact) mass is 470 g/mol. The molecule has 0 unspecified atom stereocenters. The molecule has 0 rings (SSSR count). The van der Waals surface area contributed by atoms with Crippen LogP contribution >= 0.6 is 0 Å². The van der Waals surface area contributed by atoms with E-state index in [1.54, 1.807) is 14.2 Å². The first-order valence-corrected chi connectivity index (χ1v) is 14.7. The Morgan fingerprint density at radius 3 is 1.16 bits per heavy atom. The zero-order chi connectivity index (χ0) is 20.2. The molecular weight excluding hydrogens is 427 g/mol. The van der Waals surface area contributed by atoms with Crippen LogP contribution < -0.4 is 0 Å². The van der Waals surface area contributed by atoms with E-state index in [9.17, 15) is 0 Å². The van der Waals surface area contributed by atoms with E-state index in [-0.39, 0.29) is 16.8 Å². The van der Waals surface area contributed by atoms with Crippen LogP contribution in [0.4, 0.5) is 0 Å². The average Bonchev–Trinajstić information content (AvgIpc) is 2.31. The molecule has 0 aromatic heterocycles. The van der Waals surface area contributed by atoms with Gasteiger partial charge in [-0.1, -0.05) is 0 Å². The Hall–Kier alpha value is 0.599. The van der Waals surface area contributed by atoms with Gasteiger partial charge in [-0.3, -0.25) is 0 Å². The number of hydrogen-bond donors (Lipinski definition) is 0. The normalized spacial score (nSPS) is 14.9. The van der Waals surface area contributed by atoms with Crippen LogP contribution in [0.15, 0.2) is 0 Å². The van der Waals surface area contributed by atoms with Gasteiger partial charge in [0.1, 0.15) is 0 Å².